The van der Waals surface area contributed by atoms with Gasteiger partial charge in [-0.25, -0.2) is 17.5 Å². The van der Waals surface area contributed by atoms with Crippen molar-refractivity contribution >= 4 is 15.7 Å². The molecule has 1 aromatic rings. The summed E-state index contributed by atoms with van der Waals surface area (Å²) in [6.45, 7) is 0.907. The number of nitrogen functional groups attached to an aromatic ring is 1. The molecule has 0 unspecified atom stereocenters. The molecule has 118 valence electrons. The van der Waals surface area contributed by atoms with E-state index in [1.165, 1.54) is 31.7 Å². The van der Waals surface area contributed by atoms with Crippen LogP contribution in [0.5, 0.6) is 0 Å². The number of hydrogen-bond donors (Lipinski definition) is 2. The van der Waals surface area contributed by atoms with Gasteiger partial charge in [0.1, 0.15) is 10.7 Å². The molecule has 0 heterocycles. The van der Waals surface area contributed by atoms with Crippen LogP contribution in [0, 0.1) is 5.82 Å². The van der Waals surface area contributed by atoms with Gasteiger partial charge in [0.25, 0.3) is 0 Å². The first-order valence-corrected chi connectivity index (χ1v) is 8.63. The molecular weight excluding hydrogens is 293 g/mol. The fourth-order valence-electron chi connectivity index (χ4n) is 2.70. The van der Waals surface area contributed by atoms with Crippen molar-refractivity contribution in [3.63, 3.8) is 0 Å². The van der Waals surface area contributed by atoms with Gasteiger partial charge >= 0.3 is 0 Å². The molecule has 7 heteroatoms. The minimum atomic E-state index is -3.77. The average molecular weight is 315 g/mol. The summed E-state index contributed by atoms with van der Waals surface area (Å²) in [4.78, 5) is 1.97. The lowest BCUT2D eigenvalue weighted by molar-refractivity contribution is 0.250. The Morgan fingerprint density at radius 3 is 2.71 bits per heavy atom. The zero-order valence-corrected chi connectivity index (χ0v) is 13.0. The van der Waals surface area contributed by atoms with Gasteiger partial charge in [-0.3, -0.25) is 0 Å². The zero-order valence-electron chi connectivity index (χ0n) is 12.2. The van der Waals surface area contributed by atoms with Crippen molar-refractivity contribution in [2.45, 2.75) is 36.6 Å². The molecule has 0 saturated heterocycles. The molecule has 0 spiro atoms. The van der Waals surface area contributed by atoms with E-state index in [-0.39, 0.29) is 17.1 Å². The zero-order chi connectivity index (χ0) is 15.5. The minimum Gasteiger partial charge on any atom is -0.398 e. The molecule has 5 nitrogen and oxygen atoms in total. The van der Waals surface area contributed by atoms with Crippen molar-refractivity contribution in [3.8, 4) is 0 Å². The van der Waals surface area contributed by atoms with E-state index in [0.29, 0.717) is 12.6 Å². The van der Waals surface area contributed by atoms with Gasteiger partial charge in [-0.1, -0.05) is 12.8 Å². The van der Waals surface area contributed by atoms with Gasteiger partial charge < -0.3 is 10.6 Å². The van der Waals surface area contributed by atoms with Gasteiger partial charge in [-0.05, 0) is 38.1 Å². The fourth-order valence-corrected chi connectivity index (χ4v) is 3.86. The molecular formula is C14H22FN3O2S. The second-order valence-corrected chi connectivity index (χ2v) is 7.23. The van der Waals surface area contributed by atoms with E-state index in [1.807, 2.05) is 7.05 Å². The van der Waals surface area contributed by atoms with E-state index in [1.54, 1.807) is 0 Å². The van der Waals surface area contributed by atoms with Crippen LogP contribution in [0.1, 0.15) is 25.7 Å². The van der Waals surface area contributed by atoms with Crippen LogP contribution in [0.25, 0.3) is 0 Å². The van der Waals surface area contributed by atoms with Crippen LogP contribution >= 0.6 is 0 Å². The summed E-state index contributed by atoms with van der Waals surface area (Å²) >= 11 is 0. The molecule has 0 aliphatic heterocycles. The van der Waals surface area contributed by atoms with Crippen LogP contribution in [0.4, 0.5) is 10.1 Å². The quantitative estimate of drug-likeness (QED) is 0.781. The van der Waals surface area contributed by atoms with E-state index in [0.717, 1.165) is 12.1 Å². The maximum absolute atomic E-state index is 13.2. The van der Waals surface area contributed by atoms with Crippen molar-refractivity contribution in [2.24, 2.45) is 0 Å². The second-order valence-electron chi connectivity index (χ2n) is 5.50. The molecule has 1 saturated carbocycles. The summed E-state index contributed by atoms with van der Waals surface area (Å²) in [5, 5.41) is 0. The molecule has 1 aliphatic carbocycles. The number of nitrogens with one attached hydrogen (secondary N) is 1. The average Bonchev–Trinajstić information content (AvgIpc) is 2.95. The van der Waals surface area contributed by atoms with Gasteiger partial charge in [0.15, 0.2) is 0 Å². The number of benzene rings is 1. The van der Waals surface area contributed by atoms with Crippen LogP contribution in [-0.4, -0.2) is 39.5 Å². The number of sulfonamides is 1. The van der Waals surface area contributed by atoms with Crippen molar-refractivity contribution < 1.29 is 12.8 Å². The van der Waals surface area contributed by atoms with Crippen LogP contribution in [0.15, 0.2) is 23.1 Å². The lowest BCUT2D eigenvalue weighted by Gasteiger charge is -2.23. The Balaban J connectivity index is 1.93. The third-order valence-corrected chi connectivity index (χ3v) is 5.49. The third-order valence-electron chi connectivity index (χ3n) is 3.97. The standard InChI is InChI=1S/C14H22FN3O2S/c1-18(12-4-2-3-5-12)9-8-17-21(19,20)14-10-11(15)6-7-13(14)16/h6-7,10,12,17H,2-5,8-9,16H2,1H3. The van der Waals surface area contributed by atoms with Crippen molar-refractivity contribution in [3.05, 3.63) is 24.0 Å². The lowest BCUT2D eigenvalue weighted by Crippen LogP contribution is -2.37. The molecule has 2 rings (SSSR count). The van der Waals surface area contributed by atoms with Crippen LogP contribution in [0.2, 0.25) is 0 Å². The number of likely N-dealkylation sites (N-methyl/N-ethyl adjacent to an activating group) is 1. The lowest BCUT2D eigenvalue weighted by atomic mass is 10.2. The number of hydrogen-bond acceptors (Lipinski definition) is 4. The molecule has 1 aromatic carbocycles. The maximum Gasteiger partial charge on any atom is 0.242 e. The highest BCUT2D eigenvalue weighted by atomic mass is 32.2. The van der Waals surface area contributed by atoms with E-state index in [4.69, 9.17) is 5.73 Å². The van der Waals surface area contributed by atoms with Crippen molar-refractivity contribution in [1.82, 2.24) is 9.62 Å². The van der Waals surface area contributed by atoms with Gasteiger partial charge in [-0.2, -0.15) is 0 Å². The number of rotatable bonds is 6. The van der Waals surface area contributed by atoms with Gasteiger partial charge in [0.2, 0.25) is 10.0 Å². The van der Waals surface area contributed by atoms with E-state index in [2.05, 4.69) is 9.62 Å². The Kier molecular flexibility index (Phi) is 5.18. The molecule has 0 amide bonds. The third kappa shape index (κ3) is 4.15. The van der Waals surface area contributed by atoms with Gasteiger partial charge in [-0.15, -0.1) is 0 Å². The summed E-state index contributed by atoms with van der Waals surface area (Å²) in [7, 11) is -1.77. The predicted octanol–water partition coefficient (Wildman–Crippen LogP) is 1.56. The summed E-state index contributed by atoms with van der Waals surface area (Å²) in [5.74, 6) is -0.618. The maximum atomic E-state index is 13.2. The summed E-state index contributed by atoms with van der Waals surface area (Å²) < 4.78 is 39.9. The SMILES string of the molecule is CN(CCNS(=O)(=O)c1cc(F)ccc1N)C1CCCC1. The Morgan fingerprint density at radius 1 is 1.38 bits per heavy atom. The highest BCUT2D eigenvalue weighted by Gasteiger charge is 2.21. The summed E-state index contributed by atoms with van der Waals surface area (Å²) in [6.07, 6.45) is 4.81. The first-order valence-electron chi connectivity index (χ1n) is 7.15. The molecule has 0 bridgehead atoms. The first-order chi connectivity index (χ1) is 9.90. The molecule has 0 radical (unpaired) electrons. The molecule has 3 N–H and O–H groups in total. The Morgan fingerprint density at radius 2 is 2.05 bits per heavy atom. The van der Waals surface area contributed by atoms with Gasteiger partial charge in [0.05, 0.1) is 5.69 Å². The highest BCUT2D eigenvalue weighted by molar-refractivity contribution is 7.89. The molecule has 1 fully saturated rings. The van der Waals surface area contributed by atoms with Crippen molar-refractivity contribution in [2.75, 3.05) is 25.9 Å². The first kappa shape index (κ1) is 16.2. The Hall–Kier alpha value is -1.18. The van der Waals surface area contributed by atoms with Crippen LogP contribution < -0.4 is 10.5 Å². The predicted molar refractivity (Wildman–Crippen MR) is 80.9 cm³/mol. The molecule has 0 atom stereocenters. The Labute approximate surface area is 125 Å². The van der Waals surface area contributed by atoms with Crippen LogP contribution in [-0.2, 0) is 10.0 Å². The topological polar surface area (TPSA) is 75.4 Å². The number of anilines is 1. The largest absolute Gasteiger partial charge is 0.398 e. The van der Waals surface area contributed by atoms with Gasteiger partial charge in [0, 0.05) is 19.1 Å². The minimum absolute atomic E-state index is 0.0491. The van der Waals surface area contributed by atoms with Crippen LogP contribution in [0.3, 0.4) is 0 Å². The Bertz CT molecular complexity index is 586. The normalized spacial score (nSPS) is 16.7. The molecule has 21 heavy (non-hydrogen) atoms. The fraction of sp³-hybridized carbons (Fsp3) is 0.571. The number of halogens is 1. The van der Waals surface area contributed by atoms with E-state index >= 15 is 0 Å². The monoisotopic (exact) mass is 315 g/mol. The smallest absolute Gasteiger partial charge is 0.242 e. The van der Waals surface area contributed by atoms with E-state index < -0.39 is 15.8 Å². The highest BCUT2D eigenvalue weighted by Crippen LogP contribution is 2.22. The summed E-state index contributed by atoms with van der Waals surface area (Å²) in [6, 6.07) is 3.88. The second kappa shape index (κ2) is 6.72. The van der Waals surface area contributed by atoms with Crippen molar-refractivity contribution in [1.29, 1.82) is 0 Å². The molecule has 1 aliphatic rings. The number of nitrogens with zero attached hydrogens (tertiary/aromatic N) is 1. The summed E-state index contributed by atoms with van der Waals surface area (Å²) in [5.41, 5.74) is 5.66. The van der Waals surface area contributed by atoms with E-state index in [9.17, 15) is 12.8 Å². The number of nitrogens with two attached hydrogens (primary N) is 1. The molecule has 0 aromatic heterocycles.